The average molecular weight is 1030 g/mol. The van der Waals surface area contributed by atoms with E-state index in [2.05, 4.69) is 58.2 Å². The molecule has 4 fully saturated rings. The molecular weight excluding hydrogens is 964 g/mol. The van der Waals surface area contributed by atoms with Crippen LogP contribution in [0.3, 0.4) is 0 Å². The molecule has 2 amide bonds. The van der Waals surface area contributed by atoms with Crippen molar-refractivity contribution in [2.45, 2.75) is 57.4 Å². The highest BCUT2D eigenvalue weighted by atomic mass is 35.5. The summed E-state index contributed by atoms with van der Waals surface area (Å²) in [6.45, 7) is 10.4. The van der Waals surface area contributed by atoms with Crippen molar-refractivity contribution in [3.05, 3.63) is 108 Å². The smallest absolute Gasteiger partial charge is 0.249 e. The molecule has 0 saturated carbocycles. The molecule has 73 heavy (non-hydrogen) atoms. The minimum atomic E-state index is -2.73. The monoisotopic (exact) mass is 1030 g/mol. The number of ether oxygens (including phenoxy) is 1. The molecule has 6 heterocycles. The van der Waals surface area contributed by atoms with Gasteiger partial charge in [-0.2, -0.15) is 10.1 Å². The fourth-order valence-electron chi connectivity index (χ4n) is 11.1. The Balaban J connectivity index is 0.767. The van der Waals surface area contributed by atoms with Gasteiger partial charge < -0.3 is 40.0 Å². The van der Waals surface area contributed by atoms with Gasteiger partial charge in [0.2, 0.25) is 17.8 Å². The Labute approximate surface area is 431 Å². The van der Waals surface area contributed by atoms with E-state index in [-0.39, 0.29) is 24.1 Å². The summed E-state index contributed by atoms with van der Waals surface area (Å²) in [5, 5.41) is 17.8. The van der Waals surface area contributed by atoms with Gasteiger partial charge in [-0.25, -0.2) is 9.37 Å². The number of rotatable bonds is 14. The SMILES string of the molecule is COc1cc(N2CCC(CN3CCC4(CC3)CCN(c3cc(F)cc(NC5CCC(=O)NC5=O)c3)CC4)CC2)c(-c2cnn(C)c2)cc1Nc1ncc(Cl)c(Nc2ccc(-c3ccccc3)cc2P(C)(C)=O)n1. The first-order chi connectivity index (χ1) is 35.2. The van der Waals surface area contributed by atoms with Crippen LogP contribution in [-0.2, 0) is 21.2 Å². The molecule has 4 aromatic carbocycles. The van der Waals surface area contributed by atoms with Crippen LogP contribution in [0.15, 0.2) is 97.5 Å². The standard InChI is InChI=1S/C55H64ClFN11O4P/c1-65-35-39(32-59-65)43-30-47(62-54-58-33-44(56)52(64-54)61-45-11-10-38(26-50(45)73(3,4)71)37-8-6-5-7-9-37)49(72-2)31-48(43)68-20-14-36(15-21-68)34-66-22-16-55(17-23-66)18-24-67(25-19-55)42-28-40(57)27-41(29-42)60-46-12-13-51(69)63-53(46)70/h5-11,26-33,35-36,46,60H,12-25,34H2,1-4H3,(H,63,69,70)(H2,58,61,62,64). The van der Waals surface area contributed by atoms with E-state index in [9.17, 15) is 18.5 Å². The summed E-state index contributed by atoms with van der Waals surface area (Å²) < 4.78 is 36.4. The van der Waals surface area contributed by atoms with E-state index in [1.807, 2.05) is 78.7 Å². The molecular formula is C55H64ClFN11O4P. The minimum Gasteiger partial charge on any atom is -0.494 e. The number of halogens is 2. The second kappa shape index (κ2) is 21.2. The molecule has 382 valence electrons. The fourth-order valence-corrected chi connectivity index (χ4v) is 12.4. The summed E-state index contributed by atoms with van der Waals surface area (Å²) in [7, 11) is 0.856. The summed E-state index contributed by atoms with van der Waals surface area (Å²) in [5.41, 5.74) is 8.11. The largest absolute Gasteiger partial charge is 0.494 e. The lowest BCUT2D eigenvalue weighted by Crippen LogP contribution is -2.48. The summed E-state index contributed by atoms with van der Waals surface area (Å²) in [6, 6.07) is 24.5. The molecule has 4 saturated heterocycles. The van der Waals surface area contributed by atoms with Crippen LogP contribution in [0.4, 0.5) is 44.6 Å². The van der Waals surface area contributed by atoms with Gasteiger partial charge >= 0.3 is 0 Å². The van der Waals surface area contributed by atoms with Crippen LogP contribution in [0.5, 0.6) is 5.75 Å². The number of aryl methyl sites for hydroxylation is 1. The van der Waals surface area contributed by atoms with Gasteiger partial charge in [-0.15, -0.1) is 0 Å². The van der Waals surface area contributed by atoms with Gasteiger partial charge in [-0.1, -0.05) is 48.0 Å². The second-order valence-corrected chi connectivity index (χ2v) is 24.2. The lowest BCUT2D eigenvalue weighted by molar-refractivity contribution is -0.133. The maximum atomic E-state index is 14.9. The van der Waals surface area contributed by atoms with Gasteiger partial charge in [0.05, 0.1) is 30.9 Å². The Morgan fingerprint density at radius 3 is 2.29 bits per heavy atom. The normalized spacial score (nSPS) is 18.7. The summed E-state index contributed by atoms with van der Waals surface area (Å²) in [5.74, 6) is 0.939. The lowest BCUT2D eigenvalue weighted by Gasteiger charge is -2.48. The highest BCUT2D eigenvalue weighted by molar-refractivity contribution is 7.70. The summed E-state index contributed by atoms with van der Waals surface area (Å²) in [4.78, 5) is 40.7. The Morgan fingerprint density at radius 1 is 0.836 bits per heavy atom. The van der Waals surface area contributed by atoms with Crippen LogP contribution < -0.4 is 41.1 Å². The number of imide groups is 1. The number of hydrogen-bond acceptors (Lipinski definition) is 13. The topological polar surface area (TPSA) is 162 Å². The van der Waals surface area contributed by atoms with Crippen molar-refractivity contribution < 1.29 is 23.3 Å². The number of piperidine rings is 4. The number of likely N-dealkylation sites (tertiary alicyclic amines) is 1. The summed E-state index contributed by atoms with van der Waals surface area (Å²) >= 11 is 6.72. The van der Waals surface area contributed by atoms with E-state index in [4.69, 9.17) is 21.3 Å². The van der Waals surface area contributed by atoms with Crippen LogP contribution in [-0.4, -0.2) is 109 Å². The third-order valence-electron chi connectivity index (χ3n) is 15.3. The first-order valence-corrected chi connectivity index (χ1v) is 28.3. The maximum Gasteiger partial charge on any atom is 0.249 e. The molecule has 4 aliphatic heterocycles. The van der Waals surface area contributed by atoms with Crippen molar-refractivity contribution in [2.24, 2.45) is 18.4 Å². The van der Waals surface area contributed by atoms with Crippen molar-refractivity contribution in [2.75, 3.05) is 92.0 Å². The van der Waals surface area contributed by atoms with Gasteiger partial charge in [0, 0.05) is 91.9 Å². The average Bonchev–Trinajstić information content (AvgIpc) is 3.82. The Hall–Kier alpha value is -6.48. The van der Waals surface area contributed by atoms with E-state index in [0.29, 0.717) is 62.7 Å². The molecule has 1 spiro atoms. The molecule has 10 rings (SSSR count). The van der Waals surface area contributed by atoms with Crippen LogP contribution in [0.2, 0.25) is 5.02 Å². The van der Waals surface area contributed by atoms with E-state index >= 15 is 0 Å². The first kappa shape index (κ1) is 50.1. The van der Waals surface area contributed by atoms with Crippen LogP contribution in [0, 0.1) is 17.2 Å². The number of anilines is 7. The van der Waals surface area contributed by atoms with E-state index in [1.54, 1.807) is 32.7 Å². The van der Waals surface area contributed by atoms with Crippen LogP contribution >= 0.6 is 18.7 Å². The molecule has 2 aromatic heterocycles. The number of carbonyl (C=O) groups is 2. The maximum absolute atomic E-state index is 14.9. The number of nitrogens with one attached hydrogen (secondary N) is 4. The molecule has 0 radical (unpaired) electrons. The molecule has 6 aromatic rings. The van der Waals surface area contributed by atoms with Crippen molar-refractivity contribution in [1.29, 1.82) is 0 Å². The molecule has 18 heteroatoms. The number of benzene rings is 4. The number of methoxy groups -OCH3 is 1. The molecule has 0 aliphatic carbocycles. The fraction of sp³-hybridized carbons (Fsp3) is 0.400. The van der Waals surface area contributed by atoms with Gasteiger partial charge in [0.1, 0.15) is 29.8 Å². The third kappa shape index (κ3) is 11.5. The van der Waals surface area contributed by atoms with Gasteiger partial charge in [0.15, 0.2) is 5.82 Å². The number of nitrogens with zero attached hydrogens (tertiary/aromatic N) is 7. The number of carbonyl (C=O) groups excluding carboxylic acids is 2. The Bertz CT molecular complexity index is 3030. The predicted octanol–water partition coefficient (Wildman–Crippen LogP) is 9.90. The van der Waals surface area contributed by atoms with E-state index < -0.39 is 13.2 Å². The van der Waals surface area contributed by atoms with Crippen LogP contribution in [0.1, 0.15) is 51.4 Å². The van der Waals surface area contributed by atoms with Crippen molar-refractivity contribution >= 4 is 76.1 Å². The van der Waals surface area contributed by atoms with Crippen molar-refractivity contribution in [1.82, 2.24) is 30.0 Å². The highest BCUT2D eigenvalue weighted by Gasteiger charge is 2.39. The zero-order valence-electron chi connectivity index (χ0n) is 42.0. The van der Waals surface area contributed by atoms with E-state index in [0.717, 1.165) is 105 Å². The molecule has 1 atom stereocenters. The zero-order valence-corrected chi connectivity index (χ0v) is 43.6. The Morgan fingerprint density at radius 2 is 1.59 bits per heavy atom. The number of aromatic nitrogens is 4. The molecule has 0 bridgehead atoms. The number of amides is 2. The lowest BCUT2D eigenvalue weighted by atomic mass is 9.71. The second-order valence-electron chi connectivity index (χ2n) is 20.6. The highest BCUT2D eigenvalue weighted by Crippen LogP contribution is 2.45. The van der Waals surface area contributed by atoms with Crippen LogP contribution in [0.25, 0.3) is 22.3 Å². The van der Waals surface area contributed by atoms with Gasteiger partial charge in [-0.05, 0) is 130 Å². The predicted molar refractivity (Wildman–Crippen MR) is 290 cm³/mol. The molecule has 4 aliphatic rings. The number of hydrogen-bond donors (Lipinski definition) is 4. The van der Waals surface area contributed by atoms with Gasteiger partial charge in [0.25, 0.3) is 0 Å². The van der Waals surface area contributed by atoms with Crippen molar-refractivity contribution in [3.8, 4) is 28.0 Å². The zero-order chi connectivity index (χ0) is 50.9. The third-order valence-corrected chi connectivity index (χ3v) is 17.1. The van der Waals surface area contributed by atoms with E-state index in [1.165, 1.54) is 18.9 Å². The molecule has 15 nitrogen and oxygen atoms in total. The Kier molecular flexibility index (Phi) is 14.5. The summed E-state index contributed by atoms with van der Waals surface area (Å²) in [6.07, 6.45) is 12.8. The quantitative estimate of drug-likeness (QED) is 0.0603. The molecule has 1 unspecified atom stereocenters. The molecule has 4 N–H and O–H groups in total. The van der Waals surface area contributed by atoms with Gasteiger partial charge in [-0.3, -0.25) is 19.6 Å². The minimum absolute atomic E-state index is 0.265. The van der Waals surface area contributed by atoms with Crippen molar-refractivity contribution in [3.63, 3.8) is 0 Å². The first-order valence-electron chi connectivity index (χ1n) is 25.3.